The average molecular weight is 412 g/mol. The van der Waals surface area contributed by atoms with Crippen molar-refractivity contribution in [3.63, 3.8) is 0 Å². The van der Waals surface area contributed by atoms with Gasteiger partial charge < -0.3 is 24.7 Å². The molecule has 3 aromatic rings. The predicted octanol–water partition coefficient (Wildman–Crippen LogP) is 1.01. The molecule has 2 unspecified atom stereocenters. The van der Waals surface area contributed by atoms with E-state index in [-0.39, 0.29) is 12.4 Å². The minimum atomic E-state index is -1.20. The standard InChI is InChI=1S/C20H21FN6O3/c1-25-19(22-23-24-25)26-8-13-3-2-12(6-14(13)9-26)17-5-4-15(7-18(17)21)27-10-16(11-28)30-20(27)29/h2-7,16,20,28-29H,8-11H2,1H3. The minimum Gasteiger partial charge on any atom is -0.394 e. The highest BCUT2D eigenvalue weighted by Gasteiger charge is 2.31. The summed E-state index contributed by atoms with van der Waals surface area (Å²) >= 11 is 0. The van der Waals surface area contributed by atoms with Crippen molar-refractivity contribution in [3.05, 3.63) is 53.3 Å². The number of ether oxygens (including phenoxy) is 1. The van der Waals surface area contributed by atoms with Crippen molar-refractivity contribution in [2.75, 3.05) is 23.0 Å². The van der Waals surface area contributed by atoms with Gasteiger partial charge in [-0.15, -0.1) is 0 Å². The molecule has 0 amide bonds. The van der Waals surface area contributed by atoms with Crippen LogP contribution >= 0.6 is 0 Å². The van der Waals surface area contributed by atoms with Crippen LogP contribution in [0.25, 0.3) is 11.1 Å². The lowest BCUT2D eigenvalue weighted by Crippen LogP contribution is -2.29. The van der Waals surface area contributed by atoms with Crippen LogP contribution in [0.5, 0.6) is 0 Å². The molecule has 30 heavy (non-hydrogen) atoms. The Kier molecular flexibility index (Phi) is 4.61. The van der Waals surface area contributed by atoms with Gasteiger partial charge in [-0.05, 0) is 51.4 Å². The summed E-state index contributed by atoms with van der Waals surface area (Å²) in [6.07, 6.45) is -1.69. The first-order valence-electron chi connectivity index (χ1n) is 9.63. The van der Waals surface area contributed by atoms with Crippen molar-refractivity contribution in [2.24, 2.45) is 7.05 Å². The zero-order valence-corrected chi connectivity index (χ0v) is 16.3. The number of hydrogen-bond acceptors (Lipinski definition) is 8. The number of anilines is 2. The van der Waals surface area contributed by atoms with Crippen LogP contribution < -0.4 is 9.80 Å². The molecule has 9 nitrogen and oxygen atoms in total. The summed E-state index contributed by atoms with van der Waals surface area (Å²) in [5.74, 6) is 0.301. The van der Waals surface area contributed by atoms with Crippen LogP contribution in [0.3, 0.4) is 0 Å². The third-order valence-electron chi connectivity index (χ3n) is 5.59. The smallest absolute Gasteiger partial charge is 0.245 e. The van der Waals surface area contributed by atoms with E-state index in [1.54, 1.807) is 23.9 Å². The van der Waals surface area contributed by atoms with Crippen molar-refractivity contribution < 1.29 is 19.3 Å². The number of fused-ring (bicyclic) bond motifs is 1. The first-order chi connectivity index (χ1) is 14.5. The Labute approximate surface area is 171 Å². The Morgan fingerprint density at radius 1 is 1.17 bits per heavy atom. The zero-order valence-electron chi connectivity index (χ0n) is 16.3. The van der Waals surface area contributed by atoms with Gasteiger partial charge in [0.05, 0.1) is 13.2 Å². The molecule has 2 N–H and O–H groups in total. The molecule has 2 aliphatic heterocycles. The van der Waals surface area contributed by atoms with Gasteiger partial charge in [0.25, 0.3) is 0 Å². The van der Waals surface area contributed by atoms with E-state index >= 15 is 0 Å². The van der Waals surface area contributed by atoms with E-state index < -0.39 is 12.5 Å². The number of benzene rings is 2. The van der Waals surface area contributed by atoms with E-state index in [4.69, 9.17) is 4.74 Å². The minimum absolute atomic E-state index is 0.204. The number of tetrazole rings is 1. The van der Waals surface area contributed by atoms with E-state index in [0.29, 0.717) is 36.8 Å². The van der Waals surface area contributed by atoms with Crippen LogP contribution in [-0.4, -0.2) is 56.1 Å². The van der Waals surface area contributed by atoms with Crippen LogP contribution in [0.15, 0.2) is 36.4 Å². The molecular weight excluding hydrogens is 391 g/mol. The molecule has 0 bridgehead atoms. The SMILES string of the molecule is Cn1nnnc1N1Cc2ccc(-c3ccc(N4CC(CO)OC4O)cc3F)cc2C1. The summed E-state index contributed by atoms with van der Waals surface area (Å²) in [6.45, 7) is 1.44. The lowest BCUT2D eigenvalue weighted by molar-refractivity contribution is -0.0989. The lowest BCUT2D eigenvalue weighted by Gasteiger charge is -2.21. The molecule has 2 aliphatic rings. The van der Waals surface area contributed by atoms with Gasteiger partial charge in [-0.2, -0.15) is 0 Å². The number of aliphatic hydroxyl groups is 2. The molecule has 1 saturated heterocycles. The highest BCUT2D eigenvalue weighted by molar-refractivity contribution is 5.69. The first kappa shape index (κ1) is 18.9. The van der Waals surface area contributed by atoms with E-state index in [1.165, 1.54) is 11.0 Å². The number of hydrogen-bond donors (Lipinski definition) is 2. The summed E-state index contributed by atoms with van der Waals surface area (Å²) in [5.41, 5.74) is 4.02. The number of rotatable bonds is 4. The van der Waals surface area contributed by atoms with E-state index in [2.05, 4.69) is 20.4 Å². The van der Waals surface area contributed by atoms with Gasteiger partial charge in [-0.1, -0.05) is 17.2 Å². The van der Waals surface area contributed by atoms with E-state index in [0.717, 1.165) is 16.7 Å². The molecule has 2 aromatic carbocycles. The normalized spacial score (nSPS) is 20.8. The fourth-order valence-corrected chi connectivity index (χ4v) is 4.04. The number of nitrogens with zero attached hydrogens (tertiary/aromatic N) is 6. The second kappa shape index (κ2) is 7.31. The fraction of sp³-hybridized carbons (Fsp3) is 0.350. The highest BCUT2D eigenvalue weighted by atomic mass is 19.1. The number of aryl methyl sites for hydroxylation is 1. The van der Waals surface area contributed by atoms with Gasteiger partial charge in [-0.25, -0.2) is 9.07 Å². The summed E-state index contributed by atoms with van der Waals surface area (Å²) in [5, 5.41) is 30.8. The second-order valence-electron chi connectivity index (χ2n) is 7.53. The van der Waals surface area contributed by atoms with Crippen molar-refractivity contribution in [1.82, 2.24) is 20.2 Å². The van der Waals surface area contributed by atoms with Gasteiger partial charge in [0.15, 0.2) is 0 Å². The van der Waals surface area contributed by atoms with E-state index in [1.807, 2.05) is 18.2 Å². The fourth-order valence-electron chi connectivity index (χ4n) is 4.04. The van der Waals surface area contributed by atoms with E-state index in [9.17, 15) is 14.6 Å². The lowest BCUT2D eigenvalue weighted by atomic mass is 10.00. The summed E-state index contributed by atoms with van der Waals surface area (Å²) in [6, 6.07) is 10.7. The maximum Gasteiger partial charge on any atom is 0.245 e. The first-order valence-corrected chi connectivity index (χ1v) is 9.63. The van der Waals surface area contributed by atoms with Crippen molar-refractivity contribution >= 4 is 11.6 Å². The molecule has 1 fully saturated rings. The Bertz CT molecular complexity index is 1090. The molecule has 10 heteroatoms. The molecule has 156 valence electrons. The van der Waals surface area contributed by atoms with Crippen LogP contribution in [0.4, 0.5) is 16.0 Å². The van der Waals surface area contributed by atoms with Gasteiger partial charge in [0, 0.05) is 31.4 Å². The Morgan fingerprint density at radius 2 is 2.00 bits per heavy atom. The van der Waals surface area contributed by atoms with Gasteiger partial charge in [0.2, 0.25) is 12.4 Å². The van der Waals surface area contributed by atoms with Crippen LogP contribution in [-0.2, 0) is 24.9 Å². The molecular formula is C20H21FN6O3. The topological polar surface area (TPSA) is 99.8 Å². The molecule has 3 heterocycles. The monoisotopic (exact) mass is 412 g/mol. The largest absolute Gasteiger partial charge is 0.394 e. The van der Waals surface area contributed by atoms with Gasteiger partial charge in [0.1, 0.15) is 11.9 Å². The maximum atomic E-state index is 15.0. The zero-order chi connectivity index (χ0) is 20.8. The molecule has 0 radical (unpaired) electrons. The average Bonchev–Trinajstić information content (AvgIpc) is 3.44. The predicted molar refractivity (Wildman–Crippen MR) is 106 cm³/mol. The number of halogens is 1. The highest BCUT2D eigenvalue weighted by Crippen LogP contribution is 2.33. The van der Waals surface area contributed by atoms with Crippen molar-refractivity contribution in [2.45, 2.75) is 25.6 Å². The summed E-state index contributed by atoms with van der Waals surface area (Å²) in [4.78, 5) is 3.59. The third-order valence-corrected chi connectivity index (χ3v) is 5.59. The quantitative estimate of drug-likeness (QED) is 0.655. The third kappa shape index (κ3) is 3.18. The Balaban J connectivity index is 1.39. The molecule has 0 aliphatic carbocycles. The Morgan fingerprint density at radius 3 is 2.70 bits per heavy atom. The number of aliphatic hydroxyl groups excluding tert-OH is 2. The second-order valence-corrected chi connectivity index (χ2v) is 7.53. The Hall–Kier alpha value is -3.08. The molecule has 0 spiro atoms. The van der Waals surface area contributed by atoms with Crippen LogP contribution in [0.1, 0.15) is 11.1 Å². The van der Waals surface area contributed by atoms with Gasteiger partial charge in [-0.3, -0.25) is 0 Å². The number of aromatic nitrogens is 4. The van der Waals surface area contributed by atoms with Crippen molar-refractivity contribution in [3.8, 4) is 11.1 Å². The molecule has 2 atom stereocenters. The molecule has 1 aromatic heterocycles. The maximum absolute atomic E-state index is 15.0. The summed E-state index contributed by atoms with van der Waals surface area (Å²) < 4.78 is 21.8. The van der Waals surface area contributed by atoms with Crippen LogP contribution in [0, 0.1) is 5.82 Å². The molecule has 5 rings (SSSR count). The summed E-state index contributed by atoms with van der Waals surface area (Å²) in [7, 11) is 1.80. The molecule has 0 saturated carbocycles. The van der Waals surface area contributed by atoms with Crippen molar-refractivity contribution in [1.29, 1.82) is 0 Å². The van der Waals surface area contributed by atoms with Crippen LogP contribution in [0.2, 0.25) is 0 Å². The van der Waals surface area contributed by atoms with Gasteiger partial charge >= 0.3 is 0 Å².